The fourth-order valence-electron chi connectivity index (χ4n) is 5.84. The lowest BCUT2D eigenvalue weighted by molar-refractivity contribution is -0.137. The number of nitrogens with zero attached hydrogens (tertiary/aromatic N) is 5. The Morgan fingerprint density at radius 2 is 1.83 bits per heavy atom. The van der Waals surface area contributed by atoms with Gasteiger partial charge in [0.05, 0.1) is 11.3 Å². The minimum absolute atomic E-state index is 0.174. The van der Waals surface area contributed by atoms with Crippen LogP contribution in [0.3, 0.4) is 0 Å². The molecule has 1 amide bonds. The van der Waals surface area contributed by atoms with Crippen molar-refractivity contribution in [2.24, 2.45) is 11.8 Å². The van der Waals surface area contributed by atoms with Crippen LogP contribution in [0, 0.1) is 11.8 Å². The van der Waals surface area contributed by atoms with E-state index in [9.17, 15) is 4.79 Å². The molecule has 2 aromatic heterocycles. The quantitative estimate of drug-likeness (QED) is 0.457. The molecule has 2 saturated heterocycles. The Labute approximate surface area is 213 Å². The summed E-state index contributed by atoms with van der Waals surface area (Å²) in [7, 11) is 0. The summed E-state index contributed by atoms with van der Waals surface area (Å²) in [6.07, 6.45) is 6.23. The van der Waals surface area contributed by atoms with Crippen LogP contribution in [0.4, 0.5) is 5.82 Å². The Balaban J connectivity index is 1.23. The number of carbonyl (C=O) groups is 1. The first-order valence-electron chi connectivity index (χ1n) is 13.2. The summed E-state index contributed by atoms with van der Waals surface area (Å²) < 4.78 is 0. The number of fused-ring (bicyclic) bond motifs is 1. The average Bonchev–Trinajstić information content (AvgIpc) is 3.35. The zero-order valence-electron chi connectivity index (χ0n) is 21.0. The summed E-state index contributed by atoms with van der Waals surface area (Å²) in [5.41, 5.74) is 2.46. The van der Waals surface area contributed by atoms with Crippen LogP contribution in [0.2, 0.25) is 0 Å². The van der Waals surface area contributed by atoms with Gasteiger partial charge in [-0.05, 0) is 57.6 Å². The van der Waals surface area contributed by atoms with Gasteiger partial charge in [0.2, 0.25) is 5.91 Å². The first kappa shape index (κ1) is 24.2. The topological polar surface area (TPSA) is 52.6 Å². The van der Waals surface area contributed by atoms with E-state index in [4.69, 9.17) is 4.98 Å². The maximum Gasteiger partial charge on any atom is 0.226 e. The molecule has 0 radical (unpaired) electrons. The Kier molecular flexibility index (Phi) is 7.63. The molecule has 2 fully saturated rings. The number of thiophene rings is 1. The fourth-order valence-corrected chi connectivity index (χ4v) is 6.75. The zero-order valence-corrected chi connectivity index (χ0v) is 21.8. The molecular formula is C28H37N5OS. The Morgan fingerprint density at radius 1 is 1.06 bits per heavy atom. The van der Waals surface area contributed by atoms with E-state index in [1.807, 2.05) is 4.90 Å². The number of anilines is 1. The number of benzene rings is 1. The maximum atomic E-state index is 12.9. The van der Waals surface area contributed by atoms with Gasteiger partial charge in [0.25, 0.3) is 0 Å². The van der Waals surface area contributed by atoms with Gasteiger partial charge in [0, 0.05) is 50.2 Å². The van der Waals surface area contributed by atoms with Gasteiger partial charge in [-0.2, -0.15) is 0 Å². The number of likely N-dealkylation sites (tertiary alicyclic amines) is 1. The Hall–Kier alpha value is -2.51. The van der Waals surface area contributed by atoms with Crippen LogP contribution >= 0.6 is 11.3 Å². The molecule has 1 unspecified atom stereocenters. The van der Waals surface area contributed by atoms with Gasteiger partial charge >= 0.3 is 0 Å². The minimum atomic E-state index is 0.174. The van der Waals surface area contributed by atoms with E-state index in [0.717, 1.165) is 69.3 Å². The van der Waals surface area contributed by atoms with Crippen LogP contribution in [-0.2, 0) is 4.79 Å². The van der Waals surface area contributed by atoms with Gasteiger partial charge < -0.3 is 14.7 Å². The molecule has 1 aromatic carbocycles. The maximum absolute atomic E-state index is 12.9. The number of hydrogen-bond acceptors (Lipinski definition) is 6. The second-order valence-corrected chi connectivity index (χ2v) is 10.8. The van der Waals surface area contributed by atoms with Gasteiger partial charge in [0.15, 0.2) is 0 Å². The summed E-state index contributed by atoms with van der Waals surface area (Å²) in [5.74, 6) is 2.29. The smallest absolute Gasteiger partial charge is 0.226 e. The second kappa shape index (κ2) is 11.0. The molecule has 0 spiro atoms. The summed E-state index contributed by atoms with van der Waals surface area (Å²) in [6.45, 7) is 11.0. The van der Waals surface area contributed by atoms with Gasteiger partial charge in [-0.3, -0.25) is 4.79 Å². The van der Waals surface area contributed by atoms with E-state index < -0.39 is 0 Å². The van der Waals surface area contributed by atoms with E-state index in [0.29, 0.717) is 11.8 Å². The average molecular weight is 492 g/mol. The third-order valence-corrected chi connectivity index (χ3v) is 8.68. The molecule has 7 heteroatoms. The highest BCUT2D eigenvalue weighted by Crippen LogP contribution is 2.38. The van der Waals surface area contributed by atoms with Crippen molar-refractivity contribution >= 4 is 33.3 Å². The molecule has 1 atom stereocenters. The molecule has 2 aliphatic rings. The largest absolute Gasteiger partial charge is 0.356 e. The van der Waals surface area contributed by atoms with Crippen molar-refractivity contribution in [3.8, 4) is 11.1 Å². The van der Waals surface area contributed by atoms with E-state index in [1.165, 1.54) is 29.4 Å². The normalized spacial score (nSPS) is 19.8. The molecule has 0 bridgehead atoms. The first-order chi connectivity index (χ1) is 17.2. The Bertz CT molecular complexity index is 1120. The van der Waals surface area contributed by atoms with Crippen LogP contribution in [0.15, 0.2) is 42.0 Å². The van der Waals surface area contributed by atoms with Crippen molar-refractivity contribution < 1.29 is 4.79 Å². The number of amides is 1. The lowest BCUT2D eigenvalue weighted by Gasteiger charge is -2.39. The molecule has 0 saturated carbocycles. The van der Waals surface area contributed by atoms with E-state index in [1.54, 1.807) is 17.7 Å². The first-order valence-corrected chi connectivity index (χ1v) is 14.1. The third kappa shape index (κ3) is 5.21. The van der Waals surface area contributed by atoms with E-state index >= 15 is 0 Å². The van der Waals surface area contributed by atoms with Crippen molar-refractivity contribution in [2.45, 2.75) is 39.5 Å². The molecule has 186 valence electrons. The minimum Gasteiger partial charge on any atom is -0.356 e. The molecule has 2 aliphatic heterocycles. The van der Waals surface area contributed by atoms with Crippen molar-refractivity contribution in [2.75, 3.05) is 50.7 Å². The number of rotatable bonds is 7. The zero-order chi connectivity index (χ0) is 24.2. The van der Waals surface area contributed by atoms with Crippen LogP contribution in [0.1, 0.15) is 39.5 Å². The molecule has 3 aromatic rings. The number of piperidine rings is 2. The lowest BCUT2D eigenvalue weighted by atomic mass is 9.92. The molecule has 0 N–H and O–H groups in total. The molecule has 5 rings (SSSR count). The second-order valence-electron chi connectivity index (χ2n) is 9.93. The highest BCUT2D eigenvalue weighted by atomic mass is 32.1. The lowest BCUT2D eigenvalue weighted by Crippen LogP contribution is -2.47. The van der Waals surface area contributed by atoms with Crippen molar-refractivity contribution in [3.63, 3.8) is 0 Å². The van der Waals surface area contributed by atoms with Gasteiger partial charge in [-0.1, -0.05) is 30.3 Å². The molecule has 35 heavy (non-hydrogen) atoms. The van der Waals surface area contributed by atoms with Crippen LogP contribution in [0.5, 0.6) is 0 Å². The van der Waals surface area contributed by atoms with Gasteiger partial charge in [0.1, 0.15) is 17.0 Å². The predicted molar refractivity (Wildman–Crippen MR) is 145 cm³/mol. The van der Waals surface area contributed by atoms with Crippen LogP contribution in [0.25, 0.3) is 21.3 Å². The summed E-state index contributed by atoms with van der Waals surface area (Å²) in [4.78, 5) is 30.3. The predicted octanol–water partition coefficient (Wildman–Crippen LogP) is 5.16. The molecule has 4 heterocycles. The summed E-state index contributed by atoms with van der Waals surface area (Å²) in [5, 5.41) is 3.41. The summed E-state index contributed by atoms with van der Waals surface area (Å²) >= 11 is 1.70. The summed E-state index contributed by atoms with van der Waals surface area (Å²) in [6, 6.07) is 10.6. The van der Waals surface area contributed by atoms with Crippen molar-refractivity contribution in [1.29, 1.82) is 0 Å². The van der Waals surface area contributed by atoms with E-state index in [-0.39, 0.29) is 5.92 Å². The van der Waals surface area contributed by atoms with Crippen LogP contribution < -0.4 is 4.90 Å². The van der Waals surface area contributed by atoms with Crippen LogP contribution in [-0.4, -0.2) is 71.5 Å². The highest BCUT2D eigenvalue weighted by molar-refractivity contribution is 7.17. The molecule has 6 nitrogen and oxygen atoms in total. The molecule has 0 aliphatic carbocycles. The van der Waals surface area contributed by atoms with Crippen molar-refractivity contribution in [3.05, 3.63) is 42.0 Å². The third-order valence-electron chi connectivity index (χ3n) is 7.80. The number of aromatic nitrogens is 2. The Morgan fingerprint density at radius 3 is 2.57 bits per heavy atom. The number of carbonyl (C=O) groups excluding carboxylic acids is 1. The fraction of sp³-hybridized carbons (Fsp3) is 0.536. The number of hydrogen-bond donors (Lipinski definition) is 0. The highest BCUT2D eigenvalue weighted by Gasteiger charge is 2.31. The standard InChI is InChI=1S/C28H37N5OS/c1-3-32(4-2)28(34)23-11-8-14-31(18-23)17-21-12-15-33(16-13-21)26-25-24(22-9-6-5-7-10-22)19-35-27(25)30-20-29-26/h5-7,9-10,19-21,23H,3-4,8,11-18H2,1-2H3. The van der Waals surface area contributed by atoms with E-state index in [2.05, 4.69) is 64.3 Å². The van der Waals surface area contributed by atoms with Gasteiger partial charge in [-0.15, -0.1) is 11.3 Å². The monoisotopic (exact) mass is 491 g/mol. The van der Waals surface area contributed by atoms with Crippen molar-refractivity contribution in [1.82, 2.24) is 19.8 Å². The van der Waals surface area contributed by atoms with Gasteiger partial charge in [-0.25, -0.2) is 9.97 Å². The SMILES string of the molecule is CCN(CC)C(=O)C1CCCN(CC2CCN(c3ncnc4scc(-c5ccccc5)c34)CC2)C1. The molecular weight excluding hydrogens is 454 g/mol.